The maximum absolute atomic E-state index is 12.4. The van der Waals surface area contributed by atoms with Gasteiger partial charge in [0.2, 0.25) is 5.91 Å². The molecule has 4 aromatic rings. The first-order valence-corrected chi connectivity index (χ1v) is 10.5. The van der Waals surface area contributed by atoms with E-state index in [2.05, 4.69) is 28.5 Å². The van der Waals surface area contributed by atoms with Crippen LogP contribution in [0, 0.1) is 11.8 Å². The van der Waals surface area contributed by atoms with Crippen LogP contribution >= 0.6 is 0 Å². The number of carbonyl (C=O) groups is 2. The summed E-state index contributed by atoms with van der Waals surface area (Å²) in [5, 5.41) is 9.53. The number of pyridine rings is 2. The molecular formula is C24H21N7O2. The van der Waals surface area contributed by atoms with E-state index in [9.17, 15) is 9.59 Å². The van der Waals surface area contributed by atoms with Gasteiger partial charge in [-0.2, -0.15) is 10.2 Å². The van der Waals surface area contributed by atoms with Crippen molar-refractivity contribution in [3.8, 4) is 11.8 Å². The summed E-state index contributed by atoms with van der Waals surface area (Å²) in [6, 6.07) is 5.62. The average Bonchev–Trinajstić information content (AvgIpc) is 3.55. The zero-order valence-corrected chi connectivity index (χ0v) is 18.0. The SMILES string of the molecule is C=CC(=O)N1CC[C@H](n2nc(C#Cc3ccc4ccnn4c3)c3c(N)ncc(C(C)=O)c32)C1. The second-order valence-corrected chi connectivity index (χ2v) is 7.93. The number of fused-ring (bicyclic) bond motifs is 2. The van der Waals surface area contributed by atoms with Crippen LogP contribution in [0.3, 0.4) is 0 Å². The van der Waals surface area contributed by atoms with Gasteiger partial charge in [-0.3, -0.25) is 14.3 Å². The highest BCUT2D eigenvalue weighted by Gasteiger charge is 2.30. The van der Waals surface area contributed by atoms with E-state index in [4.69, 9.17) is 10.8 Å². The molecule has 1 aliphatic heterocycles. The molecule has 5 heterocycles. The van der Waals surface area contributed by atoms with Gasteiger partial charge < -0.3 is 10.6 Å². The first-order chi connectivity index (χ1) is 16.0. The van der Waals surface area contributed by atoms with Crippen LogP contribution in [0.15, 0.2) is 49.4 Å². The van der Waals surface area contributed by atoms with Gasteiger partial charge in [-0.05, 0) is 43.5 Å². The molecule has 9 nitrogen and oxygen atoms in total. The molecule has 1 aliphatic rings. The molecule has 9 heteroatoms. The van der Waals surface area contributed by atoms with Crippen LogP contribution in [0.4, 0.5) is 5.82 Å². The Bertz CT molecular complexity index is 1500. The Kier molecular flexibility index (Phi) is 4.90. The zero-order chi connectivity index (χ0) is 23.1. The highest BCUT2D eigenvalue weighted by Crippen LogP contribution is 2.32. The summed E-state index contributed by atoms with van der Waals surface area (Å²) in [6.45, 7) is 6.09. The van der Waals surface area contributed by atoms with E-state index < -0.39 is 0 Å². The minimum atomic E-state index is -0.144. The first kappa shape index (κ1) is 20.5. The Balaban J connectivity index is 1.64. The summed E-state index contributed by atoms with van der Waals surface area (Å²) in [6.07, 6.45) is 7.03. The lowest BCUT2D eigenvalue weighted by atomic mass is 10.1. The minimum absolute atomic E-state index is 0.118. The quantitative estimate of drug-likeness (QED) is 0.298. The molecule has 0 saturated carbocycles. The molecule has 1 atom stereocenters. The van der Waals surface area contributed by atoms with Crippen LogP contribution in [-0.4, -0.2) is 54.1 Å². The smallest absolute Gasteiger partial charge is 0.246 e. The van der Waals surface area contributed by atoms with Gasteiger partial charge in [-0.25, -0.2) is 9.50 Å². The van der Waals surface area contributed by atoms with Gasteiger partial charge in [0.05, 0.1) is 28.0 Å². The van der Waals surface area contributed by atoms with E-state index in [0.717, 1.165) is 11.1 Å². The number of Topliss-reactive ketones (excluding diaryl/α,β-unsaturated/α-hetero) is 1. The van der Waals surface area contributed by atoms with Crippen molar-refractivity contribution in [3.05, 3.63) is 66.3 Å². The largest absolute Gasteiger partial charge is 0.383 e. The molecule has 0 spiro atoms. The van der Waals surface area contributed by atoms with Crippen molar-refractivity contribution < 1.29 is 9.59 Å². The van der Waals surface area contributed by atoms with E-state index in [-0.39, 0.29) is 23.6 Å². The number of likely N-dealkylation sites (tertiary alicyclic amines) is 1. The number of rotatable bonds is 3. The summed E-state index contributed by atoms with van der Waals surface area (Å²) in [4.78, 5) is 30.4. The summed E-state index contributed by atoms with van der Waals surface area (Å²) in [7, 11) is 0. The van der Waals surface area contributed by atoms with Crippen LogP contribution in [0.1, 0.15) is 41.0 Å². The number of carbonyl (C=O) groups excluding carboxylic acids is 2. The third kappa shape index (κ3) is 3.51. The lowest BCUT2D eigenvalue weighted by molar-refractivity contribution is -0.125. The third-order valence-electron chi connectivity index (χ3n) is 5.85. The number of anilines is 1. The highest BCUT2D eigenvalue weighted by atomic mass is 16.2. The van der Waals surface area contributed by atoms with Crippen molar-refractivity contribution in [2.75, 3.05) is 18.8 Å². The molecular weight excluding hydrogens is 418 g/mol. The fourth-order valence-corrected chi connectivity index (χ4v) is 4.19. The molecule has 0 aliphatic carbocycles. The van der Waals surface area contributed by atoms with Crippen molar-refractivity contribution in [1.82, 2.24) is 29.3 Å². The topological polar surface area (TPSA) is 111 Å². The Morgan fingerprint density at radius 2 is 2.12 bits per heavy atom. The second kappa shape index (κ2) is 7.91. The number of ketones is 1. The fourth-order valence-electron chi connectivity index (χ4n) is 4.19. The van der Waals surface area contributed by atoms with Gasteiger partial charge in [0.25, 0.3) is 0 Å². The Morgan fingerprint density at radius 3 is 2.91 bits per heavy atom. The van der Waals surface area contributed by atoms with Gasteiger partial charge in [-0.15, -0.1) is 0 Å². The van der Waals surface area contributed by atoms with Crippen molar-refractivity contribution >= 4 is 33.9 Å². The molecule has 1 saturated heterocycles. The van der Waals surface area contributed by atoms with Crippen molar-refractivity contribution in [3.63, 3.8) is 0 Å². The summed E-state index contributed by atoms with van der Waals surface area (Å²) in [5.41, 5.74) is 9.41. The predicted octanol–water partition coefficient (Wildman–Crippen LogP) is 2.22. The molecule has 0 radical (unpaired) electrons. The second-order valence-electron chi connectivity index (χ2n) is 7.93. The van der Waals surface area contributed by atoms with Crippen LogP contribution in [0.2, 0.25) is 0 Å². The number of nitrogens with two attached hydrogens (primary N) is 1. The van der Waals surface area contributed by atoms with Gasteiger partial charge in [0.1, 0.15) is 11.5 Å². The normalized spacial score (nSPS) is 15.5. The average molecular weight is 439 g/mol. The molecule has 0 aromatic carbocycles. The van der Waals surface area contributed by atoms with E-state index >= 15 is 0 Å². The summed E-state index contributed by atoms with van der Waals surface area (Å²) in [5.74, 6) is 6.21. The lowest BCUT2D eigenvalue weighted by Crippen LogP contribution is -2.27. The molecule has 4 aromatic heterocycles. The predicted molar refractivity (Wildman–Crippen MR) is 124 cm³/mol. The van der Waals surface area contributed by atoms with Crippen molar-refractivity contribution in [1.29, 1.82) is 0 Å². The molecule has 0 unspecified atom stereocenters. The number of nitrogen functional groups attached to an aromatic ring is 1. The van der Waals surface area contributed by atoms with Gasteiger partial charge in [-0.1, -0.05) is 12.5 Å². The van der Waals surface area contributed by atoms with Crippen LogP contribution < -0.4 is 5.73 Å². The Hall–Kier alpha value is -4.45. The zero-order valence-electron chi connectivity index (χ0n) is 18.0. The number of nitrogens with zero attached hydrogens (tertiary/aromatic N) is 6. The van der Waals surface area contributed by atoms with Crippen molar-refractivity contribution in [2.45, 2.75) is 19.4 Å². The van der Waals surface area contributed by atoms with Crippen LogP contribution in [0.5, 0.6) is 0 Å². The molecule has 1 amide bonds. The van der Waals surface area contributed by atoms with E-state index in [1.54, 1.807) is 20.3 Å². The Labute approximate surface area is 189 Å². The van der Waals surface area contributed by atoms with E-state index in [1.807, 2.05) is 24.4 Å². The summed E-state index contributed by atoms with van der Waals surface area (Å²) >= 11 is 0. The molecule has 1 fully saturated rings. The fraction of sp³-hybridized carbons (Fsp3) is 0.208. The summed E-state index contributed by atoms with van der Waals surface area (Å²) < 4.78 is 3.52. The number of amides is 1. The van der Waals surface area contributed by atoms with Crippen LogP contribution in [0.25, 0.3) is 16.4 Å². The van der Waals surface area contributed by atoms with Crippen LogP contribution in [-0.2, 0) is 4.79 Å². The van der Waals surface area contributed by atoms with E-state index in [1.165, 1.54) is 19.2 Å². The number of hydrogen-bond donors (Lipinski definition) is 1. The minimum Gasteiger partial charge on any atom is -0.383 e. The van der Waals surface area contributed by atoms with Crippen molar-refractivity contribution in [2.24, 2.45) is 0 Å². The van der Waals surface area contributed by atoms with Gasteiger partial charge in [0, 0.05) is 37.2 Å². The molecule has 33 heavy (non-hydrogen) atoms. The Morgan fingerprint density at radius 1 is 1.27 bits per heavy atom. The lowest BCUT2D eigenvalue weighted by Gasteiger charge is -2.16. The number of hydrogen-bond acceptors (Lipinski definition) is 6. The molecule has 5 rings (SSSR count). The third-order valence-corrected chi connectivity index (χ3v) is 5.85. The standard InChI is InChI=1S/C24H21N7O2/c1-3-21(33)29-11-9-18(14-29)31-23-19(15(2)32)12-26-24(25)22(23)20(28-31)7-5-16-4-6-17-8-10-27-30(17)13-16/h3-4,6,8,10,12-13,18H,1,9,11,14H2,2H3,(H2,25,26)/t18-/m0/s1. The number of aromatic nitrogens is 5. The maximum Gasteiger partial charge on any atom is 0.246 e. The van der Waals surface area contributed by atoms with Gasteiger partial charge >= 0.3 is 0 Å². The molecule has 0 bridgehead atoms. The van der Waals surface area contributed by atoms with E-state index in [0.29, 0.717) is 41.7 Å². The molecule has 164 valence electrons. The maximum atomic E-state index is 12.4. The van der Waals surface area contributed by atoms with Gasteiger partial charge in [0.15, 0.2) is 5.78 Å². The molecule has 2 N–H and O–H groups in total. The highest BCUT2D eigenvalue weighted by molar-refractivity contribution is 6.09. The monoisotopic (exact) mass is 439 g/mol. The first-order valence-electron chi connectivity index (χ1n) is 10.5.